The van der Waals surface area contributed by atoms with Crippen LogP contribution in [0.5, 0.6) is 0 Å². The molecule has 70 valence electrons. The minimum Gasteiger partial charge on any atom is -0.351 e. The molecule has 0 radical (unpaired) electrons. The van der Waals surface area contributed by atoms with E-state index in [-0.39, 0.29) is 11.2 Å². The molecule has 1 N–H and O–H groups in total. The van der Waals surface area contributed by atoms with Crippen molar-refractivity contribution in [2.75, 3.05) is 20.1 Å². The van der Waals surface area contributed by atoms with Crippen LogP contribution >= 0.6 is 12.6 Å². The lowest BCUT2D eigenvalue weighted by atomic mass is 10.2. The van der Waals surface area contributed by atoms with Gasteiger partial charge in [-0.1, -0.05) is 0 Å². The Morgan fingerprint density at radius 3 is 2.83 bits per heavy atom. The molecular weight excluding hydrogens is 172 g/mol. The summed E-state index contributed by atoms with van der Waals surface area (Å²) in [5.41, 5.74) is 0. The summed E-state index contributed by atoms with van der Waals surface area (Å²) in [5.74, 6) is 0.0404. The number of hydrogen-bond donors (Lipinski definition) is 2. The molecule has 3 nitrogen and oxygen atoms in total. The lowest BCUT2D eigenvalue weighted by Crippen LogP contribution is -2.39. The van der Waals surface area contributed by atoms with Crippen LogP contribution in [0.2, 0.25) is 0 Å². The zero-order chi connectivity index (χ0) is 9.14. The fourth-order valence-corrected chi connectivity index (χ4v) is 1.45. The molecule has 1 heterocycles. The molecule has 4 heteroatoms. The minimum absolute atomic E-state index is 0.0404. The first-order chi connectivity index (χ1) is 5.59. The molecule has 1 amide bonds. The van der Waals surface area contributed by atoms with Gasteiger partial charge in [0.2, 0.25) is 5.91 Å². The first kappa shape index (κ1) is 9.86. The standard InChI is InChI=1S/C8H16N2OS/c1-6(12)8(11)9-7-3-4-10(2)5-7/h6-7,12H,3-5H2,1-2H3,(H,9,11). The van der Waals surface area contributed by atoms with Crippen LogP contribution < -0.4 is 5.32 Å². The van der Waals surface area contributed by atoms with E-state index in [9.17, 15) is 4.79 Å². The first-order valence-electron chi connectivity index (χ1n) is 4.26. The van der Waals surface area contributed by atoms with Gasteiger partial charge in [0.05, 0.1) is 5.25 Å². The summed E-state index contributed by atoms with van der Waals surface area (Å²) in [7, 11) is 2.07. The molecule has 0 spiro atoms. The molecule has 1 aliphatic rings. The summed E-state index contributed by atoms with van der Waals surface area (Å²) >= 11 is 4.06. The van der Waals surface area contributed by atoms with E-state index in [1.807, 2.05) is 0 Å². The van der Waals surface area contributed by atoms with E-state index >= 15 is 0 Å². The van der Waals surface area contributed by atoms with Gasteiger partial charge in [-0.3, -0.25) is 4.79 Å². The summed E-state index contributed by atoms with van der Waals surface area (Å²) in [6.07, 6.45) is 1.06. The van der Waals surface area contributed by atoms with Crippen LogP contribution in [0.1, 0.15) is 13.3 Å². The molecule has 0 bridgehead atoms. The maximum absolute atomic E-state index is 11.2. The average Bonchev–Trinajstić information content (AvgIpc) is 2.35. The molecule has 0 aromatic heterocycles. The Morgan fingerprint density at radius 1 is 1.75 bits per heavy atom. The highest BCUT2D eigenvalue weighted by Gasteiger charge is 2.21. The van der Waals surface area contributed by atoms with E-state index in [2.05, 4.69) is 29.9 Å². The lowest BCUT2D eigenvalue weighted by Gasteiger charge is -2.13. The Kier molecular flexibility index (Phi) is 3.40. The van der Waals surface area contributed by atoms with E-state index < -0.39 is 0 Å². The Morgan fingerprint density at radius 2 is 2.42 bits per heavy atom. The minimum atomic E-state index is -0.198. The summed E-state index contributed by atoms with van der Waals surface area (Å²) in [5, 5.41) is 2.75. The van der Waals surface area contributed by atoms with Crippen molar-refractivity contribution in [1.82, 2.24) is 10.2 Å². The van der Waals surface area contributed by atoms with Crippen LogP contribution in [0.3, 0.4) is 0 Å². The van der Waals surface area contributed by atoms with Gasteiger partial charge in [-0.25, -0.2) is 0 Å². The van der Waals surface area contributed by atoms with E-state index in [1.54, 1.807) is 6.92 Å². The van der Waals surface area contributed by atoms with Crippen LogP contribution in [0.15, 0.2) is 0 Å². The largest absolute Gasteiger partial charge is 0.351 e. The van der Waals surface area contributed by atoms with Crippen molar-refractivity contribution < 1.29 is 4.79 Å². The van der Waals surface area contributed by atoms with Crippen LogP contribution in [0.4, 0.5) is 0 Å². The predicted octanol–water partition coefficient (Wildman–Crippen LogP) is 0.125. The quantitative estimate of drug-likeness (QED) is 0.604. The normalized spacial score (nSPS) is 27.1. The third-order valence-electron chi connectivity index (χ3n) is 2.12. The number of nitrogens with one attached hydrogen (secondary N) is 1. The summed E-state index contributed by atoms with van der Waals surface area (Å²) < 4.78 is 0. The maximum atomic E-state index is 11.2. The SMILES string of the molecule is CC(S)C(=O)NC1CCN(C)C1. The second kappa shape index (κ2) is 4.14. The molecule has 0 aromatic carbocycles. The van der Waals surface area contributed by atoms with Gasteiger partial charge in [-0.15, -0.1) is 0 Å². The predicted molar refractivity (Wildman–Crippen MR) is 52.5 cm³/mol. The number of hydrogen-bond acceptors (Lipinski definition) is 3. The highest BCUT2D eigenvalue weighted by atomic mass is 32.1. The Balaban J connectivity index is 2.28. The number of carbonyl (C=O) groups is 1. The third kappa shape index (κ3) is 2.68. The van der Waals surface area contributed by atoms with Gasteiger partial charge < -0.3 is 10.2 Å². The molecule has 0 saturated carbocycles. The second-order valence-corrected chi connectivity index (χ2v) is 4.21. The van der Waals surface area contributed by atoms with Crippen molar-refractivity contribution in [2.24, 2.45) is 0 Å². The zero-order valence-electron chi connectivity index (χ0n) is 7.58. The number of rotatable bonds is 2. The molecule has 1 fully saturated rings. The molecule has 1 rings (SSSR count). The molecule has 2 atom stereocenters. The van der Waals surface area contributed by atoms with Crippen LogP contribution in [0.25, 0.3) is 0 Å². The molecule has 12 heavy (non-hydrogen) atoms. The second-order valence-electron chi connectivity index (χ2n) is 3.43. The van der Waals surface area contributed by atoms with Crippen LogP contribution in [-0.2, 0) is 4.79 Å². The van der Waals surface area contributed by atoms with Gasteiger partial charge in [0.1, 0.15) is 0 Å². The molecule has 2 unspecified atom stereocenters. The third-order valence-corrected chi connectivity index (χ3v) is 2.35. The number of amides is 1. The number of carbonyl (C=O) groups excluding carboxylic acids is 1. The lowest BCUT2D eigenvalue weighted by molar-refractivity contribution is -0.120. The summed E-state index contributed by atoms with van der Waals surface area (Å²) in [4.78, 5) is 13.4. The fourth-order valence-electron chi connectivity index (χ4n) is 1.37. The molecule has 1 saturated heterocycles. The monoisotopic (exact) mass is 188 g/mol. The Labute approximate surface area is 78.9 Å². The van der Waals surface area contributed by atoms with E-state index in [0.29, 0.717) is 6.04 Å². The Hall–Kier alpha value is -0.220. The Bertz CT molecular complexity index is 172. The summed E-state index contributed by atoms with van der Waals surface area (Å²) in [6, 6.07) is 0.331. The van der Waals surface area contributed by atoms with E-state index in [0.717, 1.165) is 19.5 Å². The number of likely N-dealkylation sites (tertiary alicyclic amines) is 1. The smallest absolute Gasteiger partial charge is 0.232 e. The van der Waals surface area contributed by atoms with Crippen molar-refractivity contribution in [3.05, 3.63) is 0 Å². The van der Waals surface area contributed by atoms with Gasteiger partial charge >= 0.3 is 0 Å². The van der Waals surface area contributed by atoms with Gasteiger partial charge in [-0.2, -0.15) is 12.6 Å². The highest BCUT2D eigenvalue weighted by molar-refractivity contribution is 7.81. The van der Waals surface area contributed by atoms with Gasteiger partial charge in [0, 0.05) is 12.6 Å². The van der Waals surface area contributed by atoms with Crippen molar-refractivity contribution in [2.45, 2.75) is 24.6 Å². The first-order valence-corrected chi connectivity index (χ1v) is 4.78. The van der Waals surface area contributed by atoms with E-state index in [4.69, 9.17) is 0 Å². The number of likely N-dealkylation sites (N-methyl/N-ethyl adjacent to an activating group) is 1. The van der Waals surface area contributed by atoms with Crippen molar-refractivity contribution in [3.63, 3.8) is 0 Å². The van der Waals surface area contributed by atoms with Crippen LogP contribution in [-0.4, -0.2) is 42.2 Å². The highest BCUT2D eigenvalue weighted by Crippen LogP contribution is 2.06. The average molecular weight is 188 g/mol. The fraction of sp³-hybridized carbons (Fsp3) is 0.875. The van der Waals surface area contributed by atoms with Crippen molar-refractivity contribution >= 4 is 18.5 Å². The summed E-state index contributed by atoms with van der Waals surface area (Å²) in [6.45, 7) is 3.83. The number of nitrogens with zero attached hydrogens (tertiary/aromatic N) is 1. The van der Waals surface area contributed by atoms with Crippen molar-refractivity contribution in [3.8, 4) is 0 Å². The number of thiol groups is 1. The zero-order valence-corrected chi connectivity index (χ0v) is 8.47. The van der Waals surface area contributed by atoms with Crippen LogP contribution in [0, 0.1) is 0 Å². The van der Waals surface area contributed by atoms with Gasteiger partial charge in [-0.05, 0) is 26.9 Å². The van der Waals surface area contributed by atoms with Gasteiger partial charge in [0.25, 0.3) is 0 Å². The molecule has 1 aliphatic heterocycles. The van der Waals surface area contributed by atoms with Crippen molar-refractivity contribution in [1.29, 1.82) is 0 Å². The topological polar surface area (TPSA) is 32.3 Å². The van der Waals surface area contributed by atoms with Gasteiger partial charge in [0.15, 0.2) is 0 Å². The maximum Gasteiger partial charge on any atom is 0.232 e. The van der Waals surface area contributed by atoms with E-state index in [1.165, 1.54) is 0 Å². The molecule has 0 aromatic rings. The molecular formula is C8H16N2OS. The molecule has 0 aliphatic carbocycles.